The second-order valence-electron chi connectivity index (χ2n) is 6.09. The highest BCUT2D eigenvalue weighted by Gasteiger charge is 2.53. The van der Waals surface area contributed by atoms with E-state index in [0.717, 1.165) is 0 Å². The number of esters is 1. The third-order valence-corrected chi connectivity index (χ3v) is 2.81. The van der Waals surface area contributed by atoms with E-state index in [2.05, 4.69) is 0 Å². The summed E-state index contributed by atoms with van der Waals surface area (Å²) in [6.45, 7) is 10.5. The van der Waals surface area contributed by atoms with E-state index < -0.39 is 35.5 Å². The Kier molecular flexibility index (Phi) is 4.14. The minimum Gasteiger partial charge on any atom is -0.467 e. The summed E-state index contributed by atoms with van der Waals surface area (Å²) in [6.07, 6.45) is -1.03. The molecule has 1 aliphatic rings. The Morgan fingerprint density at radius 1 is 1.26 bits per heavy atom. The molecule has 0 saturated carbocycles. The van der Waals surface area contributed by atoms with Gasteiger partial charge in [0.1, 0.15) is 11.3 Å². The molecular weight excluding hydrogens is 250 g/mol. The highest BCUT2D eigenvalue weighted by molar-refractivity contribution is 5.83. The lowest BCUT2D eigenvalue weighted by Crippen LogP contribution is -2.53. The van der Waals surface area contributed by atoms with Crippen LogP contribution in [0.5, 0.6) is 0 Å². The van der Waals surface area contributed by atoms with Gasteiger partial charge in [0, 0.05) is 0 Å². The van der Waals surface area contributed by atoms with Crippen LogP contribution in [-0.2, 0) is 19.0 Å². The Labute approximate surface area is 114 Å². The molecule has 1 aliphatic heterocycles. The number of nitrogens with zero attached hydrogens (tertiary/aromatic N) is 1. The van der Waals surface area contributed by atoms with E-state index >= 15 is 0 Å². The van der Waals surface area contributed by atoms with Crippen LogP contribution in [0.3, 0.4) is 0 Å². The van der Waals surface area contributed by atoms with Gasteiger partial charge in [0.25, 0.3) is 0 Å². The lowest BCUT2D eigenvalue weighted by Gasteiger charge is -2.34. The van der Waals surface area contributed by atoms with Crippen LogP contribution >= 0.6 is 0 Å². The van der Waals surface area contributed by atoms with Crippen LogP contribution in [0.4, 0.5) is 4.79 Å². The van der Waals surface area contributed by atoms with Gasteiger partial charge in [-0.05, 0) is 41.5 Å². The van der Waals surface area contributed by atoms with Gasteiger partial charge in [0.05, 0.1) is 13.2 Å². The maximum absolute atomic E-state index is 12.3. The standard InChI is InChI=1S/C13H23NO5/c1-8-9(10(15)17-7)14(13(5,6)18-8)11(16)19-12(2,3)4/h8-9H,1-7H3/t8-,9?/m1/s1. The molecule has 1 rings (SSSR count). The highest BCUT2D eigenvalue weighted by atomic mass is 16.6. The summed E-state index contributed by atoms with van der Waals surface area (Å²) in [5.74, 6) is -0.510. The lowest BCUT2D eigenvalue weighted by molar-refractivity contribution is -0.147. The first-order valence-corrected chi connectivity index (χ1v) is 6.27. The topological polar surface area (TPSA) is 65.1 Å². The highest BCUT2D eigenvalue weighted by Crippen LogP contribution is 2.34. The van der Waals surface area contributed by atoms with E-state index in [-0.39, 0.29) is 0 Å². The number of ether oxygens (including phenoxy) is 3. The molecular formula is C13H23NO5. The van der Waals surface area contributed by atoms with Crippen molar-refractivity contribution in [1.82, 2.24) is 4.90 Å². The van der Waals surface area contributed by atoms with Crippen LogP contribution in [0.2, 0.25) is 0 Å². The summed E-state index contributed by atoms with van der Waals surface area (Å²) in [4.78, 5) is 25.4. The Bertz CT molecular complexity index is 372. The molecule has 1 fully saturated rings. The van der Waals surface area contributed by atoms with Crippen molar-refractivity contribution in [3.05, 3.63) is 0 Å². The van der Waals surface area contributed by atoms with Gasteiger partial charge in [0.2, 0.25) is 0 Å². The number of rotatable bonds is 1. The zero-order valence-corrected chi connectivity index (χ0v) is 12.6. The molecule has 1 heterocycles. The number of carbonyl (C=O) groups excluding carboxylic acids is 2. The molecule has 110 valence electrons. The van der Waals surface area contributed by atoms with Crippen molar-refractivity contribution in [3.8, 4) is 0 Å². The fraction of sp³-hybridized carbons (Fsp3) is 0.846. The lowest BCUT2D eigenvalue weighted by atomic mass is 10.1. The largest absolute Gasteiger partial charge is 0.467 e. The van der Waals surface area contributed by atoms with Gasteiger partial charge in [0.15, 0.2) is 6.04 Å². The average molecular weight is 273 g/mol. The summed E-state index contributed by atoms with van der Waals surface area (Å²) < 4.78 is 15.7. The second-order valence-corrected chi connectivity index (χ2v) is 6.09. The van der Waals surface area contributed by atoms with Crippen molar-refractivity contribution in [2.45, 2.75) is 65.0 Å². The van der Waals surface area contributed by atoms with Crippen LogP contribution < -0.4 is 0 Å². The molecule has 0 aromatic rings. The first-order valence-electron chi connectivity index (χ1n) is 6.27. The molecule has 6 nitrogen and oxygen atoms in total. The maximum Gasteiger partial charge on any atom is 0.413 e. The number of carbonyl (C=O) groups is 2. The quantitative estimate of drug-likeness (QED) is 0.683. The Balaban J connectivity index is 3.04. The van der Waals surface area contributed by atoms with Gasteiger partial charge >= 0.3 is 12.1 Å². The van der Waals surface area contributed by atoms with Crippen LogP contribution in [0.1, 0.15) is 41.5 Å². The average Bonchev–Trinajstić information content (AvgIpc) is 2.44. The van der Waals surface area contributed by atoms with Crippen LogP contribution in [0, 0.1) is 0 Å². The van der Waals surface area contributed by atoms with E-state index in [4.69, 9.17) is 14.2 Å². The van der Waals surface area contributed by atoms with Crippen molar-refractivity contribution >= 4 is 12.1 Å². The van der Waals surface area contributed by atoms with E-state index in [1.54, 1.807) is 41.5 Å². The third kappa shape index (κ3) is 3.37. The zero-order valence-electron chi connectivity index (χ0n) is 12.6. The predicted molar refractivity (Wildman–Crippen MR) is 68.5 cm³/mol. The van der Waals surface area contributed by atoms with E-state index in [0.29, 0.717) is 0 Å². The summed E-state index contributed by atoms with van der Waals surface area (Å²) in [7, 11) is 1.29. The second kappa shape index (κ2) is 5.00. The number of hydrogen-bond acceptors (Lipinski definition) is 5. The Morgan fingerprint density at radius 3 is 2.21 bits per heavy atom. The molecule has 1 unspecified atom stereocenters. The van der Waals surface area contributed by atoms with Crippen LogP contribution in [-0.4, -0.2) is 47.5 Å². The summed E-state index contributed by atoms with van der Waals surface area (Å²) in [5, 5.41) is 0. The van der Waals surface area contributed by atoms with Crippen molar-refractivity contribution < 1.29 is 23.8 Å². The van der Waals surface area contributed by atoms with Crippen molar-refractivity contribution in [3.63, 3.8) is 0 Å². The van der Waals surface area contributed by atoms with E-state index in [1.807, 2.05) is 0 Å². The molecule has 19 heavy (non-hydrogen) atoms. The van der Waals surface area contributed by atoms with Crippen LogP contribution in [0.15, 0.2) is 0 Å². The summed E-state index contributed by atoms with van der Waals surface area (Å²) in [5.41, 5.74) is -1.56. The van der Waals surface area contributed by atoms with Gasteiger partial charge in [-0.2, -0.15) is 0 Å². The molecule has 0 spiro atoms. The van der Waals surface area contributed by atoms with Gasteiger partial charge in [-0.3, -0.25) is 4.90 Å². The number of hydrogen-bond donors (Lipinski definition) is 0. The Morgan fingerprint density at radius 2 is 1.79 bits per heavy atom. The molecule has 0 N–H and O–H groups in total. The minimum absolute atomic E-state index is 0.449. The zero-order chi connectivity index (χ0) is 15.0. The monoisotopic (exact) mass is 273 g/mol. The van der Waals surface area contributed by atoms with Gasteiger partial charge in [-0.25, -0.2) is 9.59 Å². The molecule has 1 amide bonds. The minimum atomic E-state index is -0.916. The maximum atomic E-state index is 12.3. The normalized spacial score (nSPS) is 26.2. The molecule has 0 radical (unpaired) electrons. The predicted octanol–water partition coefficient (Wildman–Crippen LogP) is 1.92. The number of methoxy groups -OCH3 is 1. The van der Waals surface area contributed by atoms with Crippen molar-refractivity contribution in [1.29, 1.82) is 0 Å². The van der Waals surface area contributed by atoms with Crippen LogP contribution in [0.25, 0.3) is 0 Å². The molecule has 0 bridgehead atoms. The van der Waals surface area contributed by atoms with Crippen molar-refractivity contribution in [2.75, 3.05) is 7.11 Å². The fourth-order valence-corrected chi connectivity index (χ4v) is 2.18. The smallest absolute Gasteiger partial charge is 0.413 e. The van der Waals surface area contributed by atoms with Gasteiger partial charge < -0.3 is 14.2 Å². The molecule has 1 saturated heterocycles. The van der Waals surface area contributed by atoms with Crippen molar-refractivity contribution in [2.24, 2.45) is 0 Å². The molecule has 6 heteroatoms. The van der Waals surface area contributed by atoms with E-state index in [1.165, 1.54) is 12.0 Å². The molecule has 0 aliphatic carbocycles. The third-order valence-electron chi connectivity index (χ3n) is 2.81. The molecule has 0 aromatic heterocycles. The fourth-order valence-electron chi connectivity index (χ4n) is 2.18. The Hall–Kier alpha value is -1.30. The number of amides is 1. The first kappa shape index (κ1) is 15.8. The van der Waals surface area contributed by atoms with Gasteiger partial charge in [-0.15, -0.1) is 0 Å². The molecule has 2 atom stereocenters. The molecule has 0 aromatic carbocycles. The SMILES string of the molecule is COC(=O)C1[C@@H](C)OC(C)(C)N1C(=O)OC(C)(C)C. The summed E-state index contributed by atoms with van der Waals surface area (Å²) >= 11 is 0. The van der Waals surface area contributed by atoms with E-state index in [9.17, 15) is 9.59 Å². The summed E-state index contributed by atoms with van der Waals surface area (Å²) in [6, 6.07) is -0.796. The first-order chi connectivity index (χ1) is 8.49. The van der Waals surface area contributed by atoms with Gasteiger partial charge in [-0.1, -0.05) is 0 Å².